The molecule has 27 heavy (non-hydrogen) atoms. The van der Waals surface area contributed by atoms with Gasteiger partial charge in [-0.05, 0) is 24.3 Å². The number of nitrogens with zero attached hydrogens (tertiary/aromatic N) is 1. The SMILES string of the molecule is CC(=O)Nc1ccc(S(=O)(=O)NCCc2cc(-c3ccccc3)on2)cc1. The van der Waals surface area contributed by atoms with Crippen LogP contribution in [0.25, 0.3) is 11.3 Å². The maximum absolute atomic E-state index is 12.3. The van der Waals surface area contributed by atoms with Crippen LogP contribution in [0.5, 0.6) is 0 Å². The van der Waals surface area contributed by atoms with Crippen molar-refractivity contribution in [3.8, 4) is 11.3 Å². The highest BCUT2D eigenvalue weighted by atomic mass is 32.2. The zero-order valence-corrected chi connectivity index (χ0v) is 15.5. The Hall–Kier alpha value is -2.97. The second-order valence-corrected chi connectivity index (χ2v) is 7.67. The van der Waals surface area contributed by atoms with Crippen LogP contribution in [0.15, 0.2) is 70.1 Å². The molecule has 0 saturated carbocycles. The standard InChI is InChI=1S/C19H19N3O4S/c1-14(23)21-16-7-9-18(10-8-16)27(24,25)20-12-11-17-13-19(26-22-17)15-5-3-2-4-6-15/h2-10,13,20H,11-12H2,1H3,(H,21,23). The molecule has 2 N–H and O–H groups in total. The third-order valence-corrected chi connectivity index (χ3v) is 5.25. The Bertz CT molecular complexity index is 1010. The topological polar surface area (TPSA) is 101 Å². The molecule has 7 nitrogen and oxygen atoms in total. The number of sulfonamides is 1. The number of benzene rings is 2. The summed E-state index contributed by atoms with van der Waals surface area (Å²) in [4.78, 5) is 11.1. The first-order chi connectivity index (χ1) is 12.9. The lowest BCUT2D eigenvalue weighted by atomic mass is 10.1. The van der Waals surface area contributed by atoms with Crippen LogP contribution >= 0.6 is 0 Å². The average molecular weight is 385 g/mol. The Labute approximate surface area is 157 Å². The van der Waals surface area contributed by atoms with Gasteiger partial charge in [0, 0.05) is 37.2 Å². The molecular formula is C19H19N3O4S. The second kappa shape index (κ2) is 8.15. The Balaban J connectivity index is 1.58. The van der Waals surface area contributed by atoms with E-state index in [1.807, 2.05) is 30.3 Å². The van der Waals surface area contributed by atoms with Gasteiger partial charge in [0.15, 0.2) is 5.76 Å². The zero-order chi connectivity index (χ0) is 19.3. The summed E-state index contributed by atoms with van der Waals surface area (Å²) < 4.78 is 32.5. The molecule has 0 aliphatic rings. The maximum atomic E-state index is 12.3. The number of rotatable bonds is 7. The van der Waals surface area contributed by atoms with E-state index in [9.17, 15) is 13.2 Å². The second-order valence-electron chi connectivity index (χ2n) is 5.90. The van der Waals surface area contributed by atoms with E-state index in [0.29, 0.717) is 23.6 Å². The van der Waals surface area contributed by atoms with Crippen molar-refractivity contribution >= 4 is 21.6 Å². The molecule has 0 spiro atoms. The largest absolute Gasteiger partial charge is 0.356 e. The maximum Gasteiger partial charge on any atom is 0.240 e. The minimum atomic E-state index is -3.64. The number of carbonyl (C=O) groups is 1. The van der Waals surface area contributed by atoms with Crippen molar-refractivity contribution in [1.82, 2.24) is 9.88 Å². The fraction of sp³-hybridized carbons (Fsp3) is 0.158. The monoisotopic (exact) mass is 385 g/mol. The average Bonchev–Trinajstić information content (AvgIpc) is 3.11. The van der Waals surface area contributed by atoms with E-state index in [0.717, 1.165) is 5.56 Å². The van der Waals surface area contributed by atoms with Crippen molar-refractivity contribution in [2.24, 2.45) is 0 Å². The molecule has 0 fully saturated rings. The van der Waals surface area contributed by atoms with Gasteiger partial charge in [-0.25, -0.2) is 13.1 Å². The molecule has 8 heteroatoms. The quantitative estimate of drug-likeness (QED) is 0.651. The van der Waals surface area contributed by atoms with Crippen LogP contribution in [0, 0.1) is 0 Å². The van der Waals surface area contributed by atoms with Crippen LogP contribution in [0.1, 0.15) is 12.6 Å². The third kappa shape index (κ3) is 5.02. The number of hydrogen-bond acceptors (Lipinski definition) is 5. The minimum Gasteiger partial charge on any atom is -0.356 e. The summed E-state index contributed by atoms with van der Waals surface area (Å²) in [6.07, 6.45) is 0.402. The summed E-state index contributed by atoms with van der Waals surface area (Å²) in [5, 5.41) is 6.57. The minimum absolute atomic E-state index is 0.127. The number of hydrogen-bond donors (Lipinski definition) is 2. The molecule has 0 atom stereocenters. The first kappa shape index (κ1) is 18.8. The molecule has 0 aliphatic carbocycles. The van der Waals surface area contributed by atoms with E-state index in [2.05, 4.69) is 15.2 Å². The molecule has 0 bridgehead atoms. The lowest BCUT2D eigenvalue weighted by molar-refractivity contribution is -0.114. The molecule has 0 saturated heterocycles. The van der Waals surface area contributed by atoms with Gasteiger partial charge in [-0.2, -0.15) is 0 Å². The van der Waals surface area contributed by atoms with Gasteiger partial charge in [0.2, 0.25) is 15.9 Å². The molecule has 1 heterocycles. The molecule has 0 aliphatic heterocycles. The van der Waals surface area contributed by atoms with Gasteiger partial charge in [-0.3, -0.25) is 4.79 Å². The van der Waals surface area contributed by atoms with Crippen LogP contribution in [0.2, 0.25) is 0 Å². The van der Waals surface area contributed by atoms with E-state index in [1.165, 1.54) is 19.1 Å². The number of carbonyl (C=O) groups excluding carboxylic acids is 1. The van der Waals surface area contributed by atoms with Gasteiger partial charge >= 0.3 is 0 Å². The van der Waals surface area contributed by atoms with Gasteiger partial charge < -0.3 is 9.84 Å². The van der Waals surface area contributed by atoms with Crippen LogP contribution in [-0.2, 0) is 21.2 Å². The van der Waals surface area contributed by atoms with E-state index < -0.39 is 10.0 Å². The van der Waals surface area contributed by atoms with E-state index in [1.54, 1.807) is 18.2 Å². The Kier molecular flexibility index (Phi) is 5.68. The molecule has 140 valence electrons. The van der Waals surface area contributed by atoms with Crippen LogP contribution in [-0.4, -0.2) is 26.0 Å². The zero-order valence-electron chi connectivity index (χ0n) is 14.7. The lowest BCUT2D eigenvalue weighted by Gasteiger charge is -2.07. The number of amides is 1. The Morgan fingerprint density at radius 1 is 1.07 bits per heavy atom. The van der Waals surface area contributed by atoms with Gasteiger partial charge in [0.25, 0.3) is 0 Å². The fourth-order valence-electron chi connectivity index (χ4n) is 2.49. The predicted molar refractivity (Wildman–Crippen MR) is 102 cm³/mol. The van der Waals surface area contributed by atoms with Crippen molar-refractivity contribution < 1.29 is 17.7 Å². The number of anilines is 1. The van der Waals surface area contributed by atoms with Crippen LogP contribution < -0.4 is 10.0 Å². The van der Waals surface area contributed by atoms with Crippen molar-refractivity contribution in [2.75, 3.05) is 11.9 Å². The molecule has 3 aromatic rings. The Morgan fingerprint density at radius 3 is 2.44 bits per heavy atom. The molecule has 0 unspecified atom stereocenters. The van der Waals surface area contributed by atoms with Gasteiger partial charge in [0.1, 0.15) is 0 Å². The summed E-state index contributed by atoms with van der Waals surface area (Å²) in [5.74, 6) is 0.424. The predicted octanol–water partition coefficient (Wildman–Crippen LogP) is 2.82. The fourth-order valence-corrected chi connectivity index (χ4v) is 3.52. The van der Waals surface area contributed by atoms with E-state index in [-0.39, 0.29) is 17.3 Å². The van der Waals surface area contributed by atoms with Gasteiger partial charge in [-0.15, -0.1) is 0 Å². The van der Waals surface area contributed by atoms with Crippen LogP contribution in [0.3, 0.4) is 0 Å². The highest BCUT2D eigenvalue weighted by Crippen LogP contribution is 2.20. The summed E-state index contributed by atoms with van der Waals surface area (Å²) in [6.45, 7) is 1.58. The Morgan fingerprint density at radius 2 is 1.78 bits per heavy atom. The summed E-state index contributed by atoms with van der Waals surface area (Å²) in [6, 6.07) is 17.3. The normalized spacial score (nSPS) is 11.3. The van der Waals surface area contributed by atoms with Crippen molar-refractivity contribution in [3.05, 3.63) is 66.4 Å². The van der Waals surface area contributed by atoms with Crippen molar-refractivity contribution in [2.45, 2.75) is 18.2 Å². The number of nitrogens with one attached hydrogen (secondary N) is 2. The highest BCUT2D eigenvalue weighted by Gasteiger charge is 2.14. The molecular weight excluding hydrogens is 366 g/mol. The molecule has 1 aromatic heterocycles. The van der Waals surface area contributed by atoms with Gasteiger partial charge in [-0.1, -0.05) is 35.5 Å². The molecule has 0 radical (unpaired) electrons. The van der Waals surface area contributed by atoms with Gasteiger partial charge in [0.05, 0.1) is 10.6 Å². The van der Waals surface area contributed by atoms with E-state index >= 15 is 0 Å². The molecule has 3 rings (SSSR count). The number of aromatic nitrogens is 1. The van der Waals surface area contributed by atoms with Crippen LogP contribution in [0.4, 0.5) is 5.69 Å². The molecule has 1 amide bonds. The first-order valence-corrected chi connectivity index (χ1v) is 9.81. The summed E-state index contributed by atoms with van der Waals surface area (Å²) in [5.41, 5.74) is 2.12. The lowest BCUT2D eigenvalue weighted by Crippen LogP contribution is -2.26. The molecule has 2 aromatic carbocycles. The third-order valence-electron chi connectivity index (χ3n) is 3.78. The van der Waals surface area contributed by atoms with E-state index in [4.69, 9.17) is 4.52 Å². The summed E-state index contributed by atoms with van der Waals surface area (Å²) >= 11 is 0. The van der Waals surface area contributed by atoms with Crippen molar-refractivity contribution in [3.63, 3.8) is 0 Å². The summed E-state index contributed by atoms with van der Waals surface area (Å²) in [7, 11) is -3.64. The smallest absolute Gasteiger partial charge is 0.240 e. The highest BCUT2D eigenvalue weighted by molar-refractivity contribution is 7.89. The first-order valence-electron chi connectivity index (χ1n) is 8.32. The van der Waals surface area contributed by atoms with Crippen molar-refractivity contribution in [1.29, 1.82) is 0 Å².